The zero-order valence-electron chi connectivity index (χ0n) is 17.2. The SMILES string of the molecule is CCc1cccc(-c2csc(-c3ccc(OC(F)F)c4oc5ccccc5c34)n2)n1.O=C=O. The Morgan fingerprint density at radius 1 is 1.03 bits per heavy atom. The van der Waals surface area contributed by atoms with Crippen molar-refractivity contribution < 1.29 is 27.5 Å². The van der Waals surface area contributed by atoms with Gasteiger partial charge in [0.1, 0.15) is 16.3 Å². The van der Waals surface area contributed by atoms with Gasteiger partial charge in [-0.05, 0) is 36.8 Å². The fraction of sp³-hybridized carbons (Fsp3) is 0.125. The number of rotatable bonds is 5. The first-order valence-electron chi connectivity index (χ1n) is 9.86. The van der Waals surface area contributed by atoms with Crippen LogP contribution in [0.5, 0.6) is 5.75 Å². The number of nitrogens with zero attached hydrogens (tertiary/aromatic N) is 2. The second kappa shape index (κ2) is 9.68. The van der Waals surface area contributed by atoms with Gasteiger partial charge in [0.2, 0.25) is 0 Å². The van der Waals surface area contributed by atoms with Crippen molar-refractivity contribution in [2.75, 3.05) is 0 Å². The number of furan rings is 1. The summed E-state index contributed by atoms with van der Waals surface area (Å²) in [5.74, 6) is 0.00837. The van der Waals surface area contributed by atoms with E-state index < -0.39 is 6.61 Å². The lowest BCUT2D eigenvalue weighted by Gasteiger charge is -2.07. The molecule has 2 aromatic carbocycles. The number of aryl methyl sites for hydroxylation is 1. The molecule has 0 aliphatic rings. The molecule has 0 saturated carbocycles. The summed E-state index contributed by atoms with van der Waals surface area (Å²) in [6, 6.07) is 16.6. The van der Waals surface area contributed by atoms with E-state index in [2.05, 4.69) is 11.9 Å². The highest BCUT2D eigenvalue weighted by Gasteiger charge is 2.20. The third-order valence-electron chi connectivity index (χ3n) is 4.87. The van der Waals surface area contributed by atoms with Gasteiger partial charge in [0.05, 0.1) is 5.69 Å². The van der Waals surface area contributed by atoms with E-state index in [0.717, 1.165) is 39.5 Å². The molecule has 0 N–H and O–H groups in total. The van der Waals surface area contributed by atoms with Crippen molar-refractivity contribution in [1.29, 1.82) is 0 Å². The van der Waals surface area contributed by atoms with E-state index in [1.807, 2.05) is 41.8 Å². The molecule has 3 aromatic heterocycles. The first-order valence-corrected chi connectivity index (χ1v) is 10.7. The molecule has 6 nitrogen and oxygen atoms in total. The topological polar surface area (TPSA) is 82.3 Å². The Hall–Kier alpha value is -3.94. The van der Waals surface area contributed by atoms with E-state index in [-0.39, 0.29) is 17.5 Å². The normalized spacial score (nSPS) is 10.8. The van der Waals surface area contributed by atoms with Gasteiger partial charge in [-0.1, -0.05) is 31.2 Å². The number of hydrogen-bond acceptors (Lipinski definition) is 7. The lowest BCUT2D eigenvalue weighted by Crippen LogP contribution is -2.02. The van der Waals surface area contributed by atoms with Crippen molar-refractivity contribution in [2.45, 2.75) is 20.0 Å². The van der Waals surface area contributed by atoms with Gasteiger partial charge in [0, 0.05) is 27.4 Å². The number of fused-ring (bicyclic) bond motifs is 3. The summed E-state index contributed by atoms with van der Waals surface area (Å²) >= 11 is 1.48. The van der Waals surface area contributed by atoms with Crippen LogP contribution in [0.3, 0.4) is 0 Å². The maximum atomic E-state index is 12.9. The Labute approximate surface area is 190 Å². The number of thiazole rings is 1. The number of carbonyl (C=O) groups excluding carboxylic acids is 2. The summed E-state index contributed by atoms with van der Waals surface area (Å²) in [4.78, 5) is 25.7. The average molecular weight is 466 g/mol. The van der Waals surface area contributed by atoms with Crippen LogP contribution in [0.2, 0.25) is 0 Å². The van der Waals surface area contributed by atoms with Gasteiger partial charge in [-0.2, -0.15) is 18.4 Å². The number of hydrogen-bond donors (Lipinski definition) is 0. The molecule has 0 radical (unpaired) electrons. The number of ether oxygens (including phenoxy) is 1. The fourth-order valence-corrected chi connectivity index (χ4v) is 4.35. The molecule has 0 atom stereocenters. The van der Waals surface area contributed by atoms with Crippen LogP contribution in [0.1, 0.15) is 12.6 Å². The molecule has 166 valence electrons. The van der Waals surface area contributed by atoms with Gasteiger partial charge in [-0.3, -0.25) is 4.98 Å². The van der Waals surface area contributed by atoms with Crippen molar-refractivity contribution in [3.05, 3.63) is 65.7 Å². The maximum Gasteiger partial charge on any atom is 0.387 e. The van der Waals surface area contributed by atoms with E-state index in [1.54, 1.807) is 12.1 Å². The second-order valence-corrected chi connectivity index (χ2v) is 7.64. The third-order valence-corrected chi connectivity index (χ3v) is 5.75. The van der Waals surface area contributed by atoms with Crippen molar-refractivity contribution >= 4 is 39.4 Å². The highest BCUT2D eigenvalue weighted by molar-refractivity contribution is 7.13. The van der Waals surface area contributed by atoms with E-state index in [1.165, 1.54) is 17.4 Å². The molecule has 5 rings (SSSR count). The largest absolute Gasteiger partial charge is 0.452 e. The van der Waals surface area contributed by atoms with Crippen LogP contribution in [0, 0.1) is 0 Å². The number of halogens is 2. The van der Waals surface area contributed by atoms with Crippen molar-refractivity contribution in [3.63, 3.8) is 0 Å². The van der Waals surface area contributed by atoms with E-state index in [9.17, 15) is 8.78 Å². The number of alkyl halides is 2. The van der Waals surface area contributed by atoms with Gasteiger partial charge in [0.15, 0.2) is 11.3 Å². The maximum absolute atomic E-state index is 12.9. The summed E-state index contributed by atoms with van der Waals surface area (Å²) in [6.07, 6.45) is 1.10. The lowest BCUT2D eigenvalue weighted by atomic mass is 10.1. The van der Waals surface area contributed by atoms with E-state index in [4.69, 9.17) is 23.7 Å². The Balaban J connectivity index is 0.000000821. The third kappa shape index (κ3) is 4.50. The molecule has 33 heavy (non-hydrogen) atoms. The summed E-state index contributed by atoms with van der Waals surface area (Å²) in [5, 5.41) is 4.24. The number of para-hydroxylation sites is 1. The highest BCUT2D eigenvalue weighted by atomic mass is 32.1. The Bertz CT molecular complexity index is 1460. The molecule has 0 aliphatic carbocycles. The van der Waals surface area contributed by atoms with Crippen LogP contribution < -0.4 is 4.74 Å². The standard InChI is InChI=1S/C23H16F2N2O2S.CO2/c1-2-13-6-5-8-16(26-13)17-12-30-22(27-17)15-10-11-19(29-23(24)25)21-20(15)14-7-3-4-9-18(14)28-21;2-1-3/h3-12,23H,2H2,1H3;. The van der Waals surface area contributed by atoms with Crippen LogP contribution in [0.4, 0.5) is 8.78 Å². The summed E-state index contributed by atoms with van der Waals surface area (Å²) < 4.78 is 36.4. The number of pyridine rings is 1. The molecule has 0 saturated heterocycles. The van der Waals surface area contributed by atoms with Crippen molar-refractivity contribution in [2.24, 2.45) is 0 Å². The summed E-state index contributed by atoms with van der Waals surface area (Å²) in [7, 11) is 0. The molecule has 0 fully saturated rings. The minimum Gasteiger partial charge on any atom is -0.452 e. The predicted octanol–water partition coefficient (Wildman–Crippen LogP) is 6.35. The van der Waals surface area contributed by atoms with Crippen LogP contribution >= 0.6 is 11.3 Å². The molecular formula is C24H16F2N2O4S. The van der Waals surface area contributed by atoms with E-state index >= 15 is 0 Å². The van der Waals surface area contributed by atoms with Gasteiger partial charge >= 0.3 is 12.8 Å². The lowest BCUT2D eigenvalue weighted by molar-refractivity contribution is -0.191. The average Bonchev–Trinajstić information content (AvgIpc) is 3.46. The molecule has 5 aromatic rings. The predicted molar refractivity (Wildman–Crippen MR) is 119 cm³/mol. The molecule has 3 heterocycles. The van der Waals surface area contributed by atoms with Gasteiger partial charge in [-0.25, -0.2) is 4.98 Å². The van der Waals surface area contributed by atoms with E-state index in [0.29, 0.717) is 11.0 Å². The molecular weight excluding hydrogens is 450 g/mol. The number of benzene rings is 2. The van der Waals surface area contributed by atoms with Crippen molar-refractivity contribution in [1.82, 2.24) is 9.97 Å². The molecule has 0 bridgehead atoms. The fourth-order valence-electron chi connectivity index (χ4n) is 3.51. The van der Waals surface area contributed by atoms with Crippen LogP contribution in [0.25, 0.3) is 43.9 Å². The molecule has 0 aliphatic heterocycles. The first-order chi connectivity index (χ1) is 16.0. The minimum atomic E-state index is -2.93. The summed E-state index contributed by atoms with van der Waals surface area (Å²) in [5.41, 5.74) is 4.28. The Morgan fingerprint density at radius 2 is 1.82 bits per heavy atom. The molecule has 9 heteroatoms. The van der Waals surface area contributed by atoms with Crippen LogP contribution in [0.15, 0.2) is 64.4 Å². The van der Waals surface area contributed by atoms with Gasteiger partial charge < -0.3 is 9.15 Å². The zero-order chi connectivity index (χ0) is 23.4. The van der Waals surface area contributed by atoms with Crippen molar-refractivity contribution in [3.8, 4) is 27.7 Å². The van der Waals surface area contributed by atoms with Gasteiger partial charge in [-0.15, -0.1) is 11.3 Å². The highest BCUT2D eigenvalue weighted by Crippen LogP contribution is 2.42. The van der Waals surface area contributed by atoms with Crippen LogP contribution in [-0.2, 0) is 16.0 Å². The van der Waals surface area contributed by atoms with Gasteiger partial charge in [0.25, 0.3) is 0 Å². The Kier molecular flexibility index (Phi) is 6.53. The quantitative estimate of drug-likeness (QED) is 0.300. The molecule has 0 spiro atoms. The summed E-state index contributed by atoms with van der Waals surface area (Å²) in [6.45, 7) is -0.877. The Morgan fingerprint density at radius 3 is 2.58 bits per heavy atom. The van der Waals surface area contributed by atoms with Crippen LogP contribution in [-0.4, -0.2) is 22.7 Å². The first kappa shape index (κ1) is 22.3. The smallest absolute Gasteiger partial charge is 0.387 e. The minimum absolute atomic E-state index is 0.00837. The second-order valence-electron chi connectivity index (χ2n) is 6.78. The zero-order valence-corrected chi connectivity index (χ0v) is 18.1. The molecule has 0 unspecified atom stereocenters. The monoisotopic (exact) mass is 466 g/mol. The molecule has 0 amide bonds. The number of aromatic nitrogens is 2.